The van der Waals surface area contributed by atoms with Crippen LogP contribution in [0.5, 0.6) is 0 Å². The highest BCUT2D eigenvalue weighted by atomic mass is 32.1. The van der Waals surface area contributed by atoms with Gasteiger partial charge >= 0.3 is 0 Å². The maximum atomic E-state index is 12.9. The van der Waals surface area contributed by atoms with E-state index in [4.69, 9.17) is 0 Å². The van der Waals surface area contributed by atoms with Gasteiger partial charge in [0, 0.05) is 18.0 Å². The number of amides is 1. The predicted octanol–water partition coefficient (Wildman–Crippen LogP) is 2.56. The first-order chi connectivity index (χ1) is 9.25. The average Bonchev–Trinajstić information content (AvgIpc) is 3.06. The lowest BCUT2D eigenvalue weighted by atomic mass is 9.89. The first-order valence-electron chi connectivity index (χ1n) is 7.35. The Morgan fingerprint density at radius 1 is 1.58 bits per heavy atom. The van der Waals surface area contributed by atoms with Crippen LogP contribution < -0.4 is 5.32 Å². The second-order valence-corrected chi connectivity index (χ2v) is 6.71. The van der Waals surface area contributed by atoms with Gasteiger partial charge in [0.05, 0.1) is 5.54 Å². The van der Waals surface area contributed by atoms with E-state index < -0.39 is 0 Å². The number of carbonyl (C=O) groups excluding carboxylic acids is 1. The van der Waals surface area contributed by atoms with Crippen molar-refractivity contribution in [2.45, 2.75) is 51.1 Å². The molecule has 0 saturated carbocycles. The van der Waals surface area contributed by atoms with E-state index in [9.17, 15) is 4.79 Å². The zero-order valence-electron chi connectivity index (χ0n) is 11.6. The predicted molar refractivity (Wildman–Crippen MR) is 78.3 cm³/mol. The van der Waals surface area contributed by atoms with Crippen molar-refractivity contribution in [2.24, 2.45) is 0 Å². The Kier molecular flexibility index (Phi) is 3.63. The summed E-state index contributed by atoms with van der Waals surface area (Å²) < 4.78 is 0. The summed E-state index contributed by atoms with van der Waals surface area (Å²) >= 11 is 1.83. The lowest BCUT2D eigenvalue weighted by Gasteiger charge is -2.36. The van der Waals surface area contributed by atoms with Gasteiger partial charge in [-0.2, -0.15) is 0 Å². The number of nitrogens with zero attached hydrogens (tertiary/aromatic N) is 1. The van der Waals surface area contributed by atoms with Crippen LogP contribution in [0.4, 0.5) is 0 Å². The number of thiophene rings is 1. The van der Waals surface area contributed by atoms with E-state index in [1.807, 2.05) is 11.3 Å². The smallest absolute Gasteiger partial charge is 0.243 e. The van der Waals surface area contributed by atoms with E-state index >= 15 is 0 Å². The second-order valence-electron chi connectivity index (χ2n) is 5.71. The largest absolute Gasteiger partial charge is 0.336 e. The normalized spacial score (nSPS) is 26.5. The molecule has 1 amide bonds. The molecule has 2 aliphatic rings. The van der Waals surface area contributed by atoms with Gasteiger partial charge in [-0.1, -0.05) is 13.3 Å². The monoisotopic (exact) mass is 278 g/mol. The van der Waals surface area contributed by atoms with Crippen molar-refractivity contribution in [1.29, 1.82) is 0 Å². The lowest BCUT2D eigenvalue weighted by Crippen LogP contribution is -2.55. The Balaban J connectivity index is 1.77. The minimum Gasteiger partial charge on any atom is -0.336 e. The van der Waals surface area contributed by atoms with Gasteiger partial charge in [-0.3, -0.25) is 4.79 Å². The van der Waals surface area contributed by atoms with Crippen LogP contribution in [-0.4, -0.2) is 29.4 Å². The van der Waals surface area contributed by atoms with Crippen molar-refractivity contribution in [2.75, 3.05) is 13.1 Å². The second kappa shape index (κ2) is 5.25. The van der Waals surface area contributed by atoms with Gasteiger partial charge in [0.2, 0.25) is 5.91 Å². The van der Waals surface area contributed by atoms with E-state index in [0.29, 0.717) is 5.91 Å². The molecule has 1 unspecified atom stereocenters. The van der Waals surface area contributed by atoms with Crippen molar-refractivity contribution in [3.63, 3.8) is 0 Å². The summed E-state index contributed by atoms with van der Waals surface area (Å²) in [5.41, 5.74) is 1.09. The molecule has 0 radical (unpaired) electrons. The highest BCUT2D eigenvalue weighted by Gasteiger charge is 2.43. The van der Waals surface area contributed by atoms with Gasteiger partial charge in [0.1, 0.15) is 0 Å². The molecule has 19 heavy (non-hydrogen) atoms. The molecule has 4 heteroatoms. The number of nitrogens with one attached hydrogen (secondary N) is 1. The van der Waals surface area contributed by atoms with Crippen LogP contribution in [0.15, 0.2) is 11.4 Å². The highest BCUT2D eigenvalue weighted by Crippen LogP contribution is 2.30. The van der Waals surface area contributed by atoms with Crippen molar-refractivity contribution < 1.29 is 4.79 Å². The van der Waals surface area contributed by atoms with Gasteiger partial charge in [0.15, 0.2) is 0 Å². The molecule has 1 fully saturated rings. The summed E-state index contributed by atoms with van der Waals surface area (Å²) in [7, 11) is 0. The molecule has 0 spiro atoms. The quantitative estimate of drug-likeness (QED) is 0.921. The minimum atomic E-state index is -0.262. The molecule has 1 N–H and O–H groups in total. The van der Waals surface area contributed by atoms with Gasteiger partial charge < -0.3 is 10.2 Å². The molecule has 0 aliphatic carbocycles. The zero-order chi connectivity index (χ0) is 13.3. The van der Waals surface area contributed by atoms with Crippen LogP contribution in [0.1, 0.15) is 43.0 Å². The van der Waals surface area contributed by atoms with Crippen LogP contribution in [-0.2, 0) is 17.8 Å². The van der Waals surface area contributed by atoms with Gasteiger partial charge in [-0.05, 0) is 49.2 Å². The SMILES string of the molecule is CCCC1(C(=O)N2CCc3sccc3C2)CCCN1. The number of hydrogen-bond acceptors (Lipinski definition) is 3. The van der Waals surface area contributed by atoms with Crippen molar-refractivity contribution in [1.82, 2.24) is 10.2 Å². The maximum absolute atomic E-state index is 12.9. The number of fused-ring (bicyclic) bond motifs is 1. The molecule has 0 aromatic carbocycles. The molecule has 3 heterocycles. The Morgan fingerprint density at radius 3 is 3.21 bits per heavy atom. The molecule has 0 bridgehead atoms. The topological polar surface area (TPSA) is 32.3 Å². The van der Waals surface area contributed by atoms with E-state index in [1.165, 1.54) is 10.4 Å². The fourth-order valence-corrected chi connectivity index (χ4v) is 4.35. The molecule has 104 valence electrons. The van der Waals surface area contributed by atoms with Crippen LogP contribution >= 0.6 is 11.3 Å². The van der Waals surface area contributed by atoms with Crippen molar-refractivity contribution >= 4 is 17.2 Å². The summed E-state index contributed by atoms with van der Waals surface area (Å²) in [5, 5.41) is 5.64. The van der Waals surface area contributed by atoms with E-state index in [0.717, 1.165) is 51.7 Å². The molecular weight excluding hydrogens is 256 g/mol. The molecule has 2 aliphatic heterocycles. The molecule has 1 aromatic rings. The molecular formula is C15H22N2OS. The summed E-state index contributed by atoms with van der Waals surface area (Å²) in [6.45, 7) is 4.86. The van der Waals surface area contributed by atoms with Crippen molar-refractivity contribution in [3.05, 3.63) is 21.9 Å². The standard InChI is InChI=1S/C15H22N2OS/c1-2-6-15(7-3-8-16-15)14(18)17-9-4-13-12(11-17)5-10-19-13/h5,10,16H,2-4,6-9,11H2,1H3. The molecule has 3 rings (SSSR count). The minimum absolute atomic E-state index is 0.262. The first-order valence-corrected chi connectivity index (χ1v) is 8.23. The third kappa shape index (κ3) is 2.32. The van der Waals surface area contributed by atoms with Crippen LogP contribution in [0.25, 0.3) is 0 Å². The Labute approximate surface area is 119 Å². The summed E-state index contributed by atoms with van der Waals surface area (Å²) in [4.78, 5) is 16.4. The number of rotatable bonds is 3. The molecule has 1 atom stereocenters. The average molecular weight is 278 g/mol. The number of hydrogen-bond donors (Lipinski definition) is 1. The molecule has 1 aromatic heterocycles. The summed E-state index contributed by atoms with van der Waals surface area (Å²) in [6, 6.07) is 2.17. The van der Waals surface area contributed by atoms with Crippen LogP contribution in [0.3, 0.4) is 0 Å². The van der Waals surface area contributed by atoms with E-state index in [1.54, 1.807) is 0 Å². The van der Waals surface area contributed by atoms with Gasteiger partial charge in [-0.15, -0.1) is 11.3 Å². The molecule has 3 nitrogen and oxygen atoms in total. The van der Waals surface area contributed by atoms with Crippen molar-refractivity contribution in [3.8, 4) is 0 Å². The van der Waals surface area contributed by atoms with Gasteiger partial charge in [0.25, 0.3) is 0 Å². The fraction of sp³-hybridized carbons (Fsp3) is 0.667. The Bertz CT molecular complexity index is 462. The van der Waals surface area contributed by atoms with Crippen LogP contribution in [0.2, 0.25) is 0 Å². The zero-order valence-corrected chi connectivity index (χ0v) is 12.4. The van der Waals surface area contributed by atoms with Crippen LogP contribution in [0, 0.1) is 0 Å². The fourth-order valence-electron chi connectivity index (χ4n) is 3.46. The molecule has 1 saturated heterocycles. The summed E-state index contributed by atoms with van der Waals surface area (Å²) in [6.07, 6.45) is 5.20. The first kappa shape index (κ1) is 13.1. The Hall–Kier alpha value is -0.870. The highest BCUT2D eigenvalue weighted by molar-refractivity contribution is 7.10. The van der Waals surface area contributed by atoms with E-state index in [-0.39, 0.29) is 5.54 Å². The van der Waals surface area contributed by atoms with Gasteiger partial charge in [-0.25, -0.2) is 0 Å². The Morgan fingerprint density at radius 2 is 2.47 bits per heavy atom. The summed E-state index contributed by atoms with van der Waals surface area (Å²) in [5.74, 6) is 0.337. The van der Waals surface area contributed by atoms with E-state index in [2.05, 4.69) is 28.6 Å². The number of carbonyl (C=O) groups is 1. The third-order valence-electron chi connectivity index (χ3n) is 4.42. The lowest BCUT2D eigenvalue weighted by molar-refractivity contribution is -0.139. The maximum Gasteiger partial charge on any atom is 0.243 e. The third-order valence-corrected chi connectivity index (χ3v) is 5.45.